The molecule has 0 unspecified atom stereocenters. The minimum atomic E-state index is -0.552. The highest BCUT2D eigenvalue weighted by atomic mass is 35.5. The molecule has 2 aromatic rings. The Hall–Kier alpha value is -1.56. The van der Waals surface area contributed by atoms with Crippen LogP contribution in [0.3, 0.4) is 0 Å². The summed E-state index contributed by atoms with van der Waals surface area (Å²) in [5, 5.41) is 3.61. The molecule has 1 aliphatic rings. The minimum absolute atomic E-state index is 0. The number of benzene rings is 1. The van der Waals surface area contributed by atoms with Gasteiger partial charge in [0.15, 0.2) is 0 Å². The summed E-state index contributed by atoms with van der Waals surface area (Å²) in [6.07, 6.45) is 0. The summed E-state index contributed by atoms with van der Waals surface area (Å²) in [5.74, 6) is -0.931. The number of hydrogen-bond donors (Lipinski definition) is 2. The molecule has 112 valence electrons. The summed E-state index contributed by atoms with van der Waals surface area (Å²) in [6, 6.07) is 6.00. The number of nitrogens with two attached hydrogens (primary N) is 1. The van der Waals surface area contributed by atoms with Crippen LogP contribution >= 0.6 is 24.0 Å². The van der Waals surface area contributed by atoms with Crippen molar-refractivity contribution in [1.82, 2.24) is 9.88 Å². The van der Waals surface area contributed by atoms with Gasteiger partial charge in [-0.25, -0.2) is 4.39 Å². The van der Waals surface area contributed by atoms with Crippen LogP contribution in [0.2, 0.25) is 5.15 Å². The van der Waals surface area contributed by atoms with E-state index in [4.69, 9.17) is 17.3 Å². The molecule has 0 radical (unpaired) electrons. The third-order valence-corrected chi connectivity index (χ3v) is 3.87. The molecule has 0 spiro atoms. The maximum Gasteiger partial charge on any atom is 0.251 e. The molecule has 2 heterocycles. The molecule has 0 fully saturated rings. The number of aromatic nitrogens is 1. The average Bonchev–Trinajstić information content (AvgIpc) is 2.73. The van der Waals surface area contributed by atoms with Crippen LogP contribution < -0.4 is 11.1 Å². The number of halogens is 3. The predicted molar refractivity (Wildman–Crippen MR) is 82.3 cm³/mol. The van der Waals surface area contributed by atoms with E-state index >= 15 is 0 Å². The zero-order valence-electron chi connectivity index (χ0n) is 11.0. The van der Waals surface area contributed by atoms with E-state index in [-0.39, 0.29) is 18.2 Å². The van der Waals surface area contributed by atoms with E-state index in [1.165, 1.54) is 12.1 Å². The van der Waals surface area contributed by atoms with Crippen LogP contribution in [-0.4, -0.2) is 17.0 Å². The number of nitrogens with zero attached hydrogens (tertiary/aromatic N) is 1. The van der Waals surface area contributed by atoms with Crippen molar-refractivity contribution in [2.45, 2.75) is 13.1 Å². The number of carbonyl (C=O) groups is 1. The van der Waals surface area contributed by atoms with E-state index in [2.05, 4.69) is 5.32 Å². The molecule has 3 N–H and O–H groups in total. The second-order valence-electron chi connectivity index (χ2n) is 4.69. The van der Waals surface area contributed by atoms with Gasteiger partial charge >= 0.3 is 0 Å². The van der Waals surface area contributed by atoms with Gasteiger partial charge in [0.1, 0.15) is 11.0 Å². The molecule has 3 rings (SSSR count). The van der Waals surface area contributed by atoms with Crippen LogP contribution in [-0.2, 0) is 13.1 Å². The number of amides is 1. The fourth-order valence-electron chi connectivity index (χ4n) is 2.62. The topological polar surface area (TPSA) is 60.1 Å². The van der Waals surface area contributed by atoms with Gasteiger partial charge in [0.2, 0.25) is 0 Å². The number of hydrogen-bond acceptors (Lipinski definition) is 2. The monoisotopic (exact) mass is 329 g/mol. The number of primary amides is 1. The van der Waals surface area contributed by atoms with Crippen LogP contribution in [0.4, 0.5) is 4.39 Å². The third-order valence-electron chi connectivity index (χ3n) is 3.47. The van der Waals surface area contributed by atoms with E-state index in [0.29, 0.717) is 34.9 Å². The molecule has 7 heteroatoms. The van der Waals surface area contributed by atoms with Crippen molar-refractivity contribution >= 4 is 29.9 Å². The highest BCUT2D eigenvalue weighted by Gasteiger charge is 2.27. The SMILES string of the molecule is Cl.NC(=O)c1c(-c2cccc(F)c2)c(Cl)n2c1CNCC2. The van der Waals surface area contributed by atoms with E-state index in [9.17, 15) is 9.18 Å². The van der Waals surface area contributed by atoms with E-state index in [1.807, 2.05) is 4.57 Å². The van der Waals surface area contributed by atoms with Gasteiger partial charge in [0, 0.05) is 30.9 Å². The lowest BCUT2D eigenvalue weighted by Gasteiger charge is -2.17. The van der Waals surface area contributed by atoms with Gasteiger partial charge in [-0.3, -0.25) is 4.79 Å². The lowest BCUT2D eigenvalue weighted by Crippen LogP contribution is -2.29. The van der Waals surface area contributed by atoms with Crippen LogP contribution in [0.25, 0.3) is 11.1 Å². The summed E-state index contributed by atoms with van der Waals surface area (Å²) >= 11 is 6.38. The first-order chi connectivity index (χ1) is 9.59. The standard InChI is InChI=1S/C14H13ClFN3O.ClH/c15-13-11(8-2-1-3-9(16)6-8)12(14(17)20)10-7-18-4-5-19(10)13;/h1-3,6,18H,4-5,7H2,(H2,17,20);1H. The largest absolute Gasteiger partial charge is 0.366 e. The summed E-state index contributed by atoms with van der Waals surface area (Å²) in [7, 11) is 0. The number of nitrogens with one attached hydrogen (secondary N) is 1. The molecule has 0 saturated carbocycles. The van der Waals surface area contributed by atoms with E-state index in [0.717, 1.165) is 12.2 Å². The van der Waals surface area contributed by atoms with Crippen LogP contribution in [0.15, 0.2) is 24.3 Å². The van der Waals surface area contributed by atoms with Crippen LogP contribution in [0, 0.1) is 5.82 Å². The molecule has 0 saturated heterocycles. The van der Waals surface area contributed by atoms with Crippen molar-refractivity contribution in [3.63, 3.8) is 0 Å². The van der Waals surface area contributed by atoms with Gasteiger partial charge in [-0.2, -0.15) is 0 Å². The molecule has 0 bridgehead atoms. The molecule has 1 aromatic carbocycles. The smallest absolute Gasteiger partial charge is 0.251 e. The first-order valence-corrected chi connectivity index (χ1v) is 6.64. The van der Waals surface area contributed by atoms with Gasteiger partial charge in [-0.1, -0.05) is 23.7 Å². The second kappa shape index (κ2) is 6.05. The van der Waals surface area contributed by atoms with Crippen molar-refractivity contribution in [2.75, 3.05) is 6.54 Å². The Bertz CT molecular complexity index is 700. The lowest BCUT2D eigenvalue weighted by atomic mass is 10.0. The molecular weight excluding hydrogens is 316 g/mol. The summed E-state index contributed by atoms with van der Waals surface area (Å²) < 4.78 is 15.3. The van der Waals surface area contributed by atoms with Crippen molar-refractivity contribution < 1.29 is 9.18 Å². The molecule has 0 atom stereocenters. The van der Waals surface area contributed by atoms with Gasteiger partial charge in [-0.05, 0) is 17.7 Å². The average molecular weight is 330 g/mol. The highest BCUT2D eigenvalue weighted by molar-refractivity contribution is 6.33. The first kappa shape index (κ1) is 15.8. The summed E-state index contributed by atoms with van der Waals surface area (Å²) in [6.45, 7) is 1.94. The Morgan fingerprint density at radius 3 is 2.86 bits per heavy atom. The van der Waals surface area contributed by atoms with Crippen LogP contribution in [0.5, 0.6) is 0 Å². The first-order valence-electron chi connectivity index (χ1n) is 6.27. The highest BCUT2D eigenvalue weighted by Crippen LogP contribution is 2.37. The lowest BCUT2D eigenvalue weighted by molar-refractivity contribution is 0.0999. The molecule has 1 aromatic heterocycles. The molecule has 21 heavy (non-hydrogen) atoms. The van der Waals surface area contributed by atoms with E-state index in [1.54, 1.807) is 12.1 Å². The predicted octanol–water partition coefficient (Wildman–Crippen LogP) is 2.57. The van der Waals surface area contributed by atoms with Crippen molar-refractivity contribution in [3.8, 4) is 11.1 Å². The molecule has 1 amide bonds. The van der Waals surface area contributed by atoms with Gasteiger partial charge in [0.25, 0.3) is 5.91 Å². The van der Waals surface area contributed by atoms with Gasteiger partial charge in [-0.15, -0.1) is 12.4 Å². The number of carbonyl (C=O) groups excluding carboxylic acids is 1. The van der Waals surface area contributed by atoms with E-state index < -0.39 is 5.91 Å². The maximum absolute atomic E-state index is 13.4. The summed E-state index contributed by atoms with van der Waals surface area (Å²) in [5.41, 5.74) is 7.69. The fourth-order valence-corrected chi connectivity index (χ4v) is 3.01. The molecular formula is C14H14Cl2FN3O. The van der Waals surface area contributed by atoms with Gasteiger partial charge in [0.05, 0.1) is 5.56 Å². The minimum Gasteiger partial charge on any atom is -0.366 e. The van der Waals surface area contributed by atoms with Crippen molar-refractivity contribution in [3.05, 3.63) is 46.5 Å². The van der Waals surface area contributed by atoms with Crippen LogP contribution in [0.1, 0.15) is 16.1 Å². The zero-order valence-corrected chi connectivity index (χ0v) is 12.6. The molecule has 0 aliphatic carbocycles. The van der Waals surface area contributed by atoms with Crippen molar-refractivity contribution in [1.29, 1.82) is 0 Å². The quantitative estimate of drug-likeness (QED) is 0.889. The molecule has 4 nitrogen and oxygen atoms in total. The normalized spacial score (nSPS) is 13.4. The van der Waals surface area contributed by atoms with Crippen molar-refractivity contribution in [2.24, 2.45) is 5.73 Å². The Kier molecular flexibility index (Phi) is 4.56. The fraction of sp³-hybridized carbons (Fsp3) is 0.214. The second-order valence-corrected chi connectivity index (χ2v) is 5.05. The third kappa shape index (κ3) is 2.64. The Balaban J connectivity index is 0.00000161. The van der Waals surface area contributed by atoms with Gasteiger partial charge < -0.3 is 15.6 Å². The summed E-state index contributed by atoms with van der Waals surface area (Å²) in [4.78, 5) is 11.8. The Labute approximate surface area is 132 Å². The number of rotatable bonds is 2. The number of fused-ring (bicyclic) bond motifs is 1. The molecule has 1 aliphatic heterocycles. The maximum atomic E-state index is 13.4. The zero-order chi connectivity index (χ0) is 14.3. The Morgan fingerprint density at radius 1 is 1.43 bits per heavy atom. The Morgan fingerprint density at radius 2 is 2.19 bits per heavy atom.